The highest BCUT2D eigenvalue weighted by molar-refractivity contribution is 7.22. The van der Waals surface area contributed by atoms with Gasteiger partial charge in [0, 0.05) is 5.56 Å². The molecule has 0 saturated heterocycles. The largest absolute Gasteiger partial charge is 0.497 e. The number of aromatic nitrogens is 1. The van der Waals surface area contributed by atoms with Gasteiger partial charge in [0.1, 0.15) is 11.5 Å². The van der Waals surface area contributed by atoms with Crippen LogP contribution in [0.1, 0.15) is 28.4 Å². The third-order valence-corrected chi connectivity index (χ3v) is 5.75. The van der Waals surface area contributed by atoms with Gasteiger partial charge < -0.3 is 9.47 Å². The number of aryl methyl sites for hydroxylation is 1. The minimum atomic E-state index is -0.270. The average Bonchev–Trinajstić information content (AvgIpc) is 3.23. The molecule has 0 radical (unpaired) electrons. The number of rotatable bonds is 7. The molecule has 1 heterocycles. The van der Waals surface area contributed by atoms with Crippen LogP contribution in [0.15, 0.2) is 71.8 Å². The summed E-state index contributed by atoms with van der Waals surface area (Å²) < 4.78 is 11.7. The first-order valence-corrected chi connectivity index (χ1v) is 11.0. The number of hydrogen-bond donors (Lipinski definition) is 0. The smallest absolute Gasteiger partial charge is 0.280 e. The second-order valence-corrected chi connectivity index (χ2v) is 8.07. The first kappa shape index (κ1) is 21.5. The summed E-state index contributed by atoms with van der Waals surface area (Å²) in [5, 5.41) is 6.36. The Balaban J connectivity index is 1.70. The maximum absolute atomic E-state index is 13.4. The average molecular weight is 446 g/mol. The van der Waals surface area contributed by atoms with E-state index in [1.165, 1.54) is 16.3 Å². The number of fused-ring (bicyclic) bond motifs is 1. The minimum absolute atomic E-state index is 0.270. The standard InChI is InChI=1S/C25H23N3O3S/c1-4-31-21-12-8-19(9-13-21)24(29)28(26-16-18-6-10-20(30-3)11-7-18)25-27-22-14-5-17(2)15-23(22)32-25/h5-16H,4H2,1-3H3/b26-16+. The van der Waals surface area contributed by atoms with Crippen molar-refractivity contribution in [1.29, 1.82) is 0 Å². The van der Waals surface area contributed by atoms with Crippen LogP contribution in [-0.4, -0.2) is 30.8 Å². The summed E-state index contributed by atoms with van der Waals surface area (Å²) in [5.74, 6) is 1.20. The van der Waals surface area contributed by atoms with E-state index in [1.54, 1.807) is 37.6 Å². The lowest BCUT2D eigenvalue weighted by Crippen LogP contribution is -2.25. The van der Waals surface area contributed by atoms with E-state index >= 15 is 0 Å². The van der Waals surface area contributed by atoms with Gasteiger partial charge in [0.2, 0.25) is 5.13 Å². The molecule has 162 valence electrons. The van der Waals surface area contributed by atoms with Crippen molar-refractivity contribution in [2.75, 3.05) is 18.7 Å². The van der Waals surface area contributed by atoms with Crippen molar-refractivity contribution >= 4 is 38.8 Å². The molecule has 0 aliphatic rings. The third kappa shape index (κ3) is 4.78. The van der Waals surface area contributed by atoms with Crippen molar-refractivity contribution in [2.45, 2.75) is 13.8 Å². The van der Waals surface area contributed by atoms with Gasteiger partial charge in [0.15, 0.2) is 0 Å². The molecule has 3 aromatic carbocycles. The summed E-state index contributed by atoms with van der Waals surface area (Å²) in [6.45, 7) is 4.52. The normalized spacial score (nSPS) is 11.1. The Hall–Kier alpha value is -3.71. The van der Waals surface area contributed by atoms with Gasteiger partial charge >= 0.3 is 0 Å². The molecule has 4 rings (SSSR count). The highest BCUT2D eigenvalue weighted by Gasteiger charge is 2.21. The number of hydrogen-bond acceptors (Lipinski definition) is 6. The molecule has 0 N–H and O–H groups in total. The van der Waals surface area contributed by atoms with Gasteiger partial charge in [-0.05, 0) is 85.6 Å². The summed E-state index contributed by atoms with van der Waals surface area (Å²) in [4.78, 5) is 18.1. The zero-order valence-electron chi connectivity index (χ0n) is 18.1. The fourth-order valence-corrected chi connectivity index (χ4v) is 4.12. The number of hydrazone groups is 1. The van der Waals surface area contributed by atoms with Crippen molar-refractivity contribution in [1.82, 2.24) is 4.98 Å². The van der Waals surface area contributed by atoms with Crippen LogP contribution in [0.25, 0.3) is 10.2 Å². The van der Waals surface area contributed by atoms with Crippen molar-refractivity contribution < 1.29 is 14.3 Å². The van der Waals surface area contributed by atoms with E-state index in [1.807, 2.05) is 50.2 Å². The zero-order chi connectivity index (χ0) is 22.5. The van der Waals surface area contributed by atoms with Gasteiger partial charge in [-0.25, -0.2) is 4.98 Å². The molecule has 1 aromatic heterocycles. The Labute approximate surface area is 190 Å². The highest BCUT2D eigenvalue weighted by Crippen LogP contribution is 2.31. The molecule has 4 aromatic rings. The molecule has 0 saturated carbocycles. The summed E-state index contributed by atoms with van der Waals surface area (Å²) in [5.41, 5.74) is 3.31. The summed E-state index contributed by atoms with van der Waals surface area (Å²) in [6, 6.07) is 20.5. The van der Waals surface area contributed by atoms with E-state index < -0.39 is 0 Å². The molecule has 6 nitrogen and oxygen atoms in total. The third-order valence-electron chi connectivity index (χ3n) is 4.76. The summed E-state index contributed by atoms with van der Waals surface area (Å²) >= 11 is 1.43. The number of nitrogens with zero attached hydrogens (tertiary/aromatic N) is 3. The van der Waals surface area contributed by atoms with Gasteiger partial charge in [-0.1, -0.05) is 17.4 Å². The predicted octanol–water partition coefficient (Wildman–Crippen LogP) is 5.69. The van der Waals surface area contributed by atoms with E-state index in [4.69, 9.17) is 9.47 Å². The Bertz CT molecular complexity index is 1250. The van der Waals surface area contributed by atoms with Gasteiger partial charge in [0.05, 0.1) is 30.1 Å². The molecular weight excluding hydrogens is 422 g/mol. The number of anilines is 1. The summed E-state index contributed by atoms with van der Waals surface area (Å²) in [6.07, 6.45) is 1.64. The molecule has 0 fully saturated rings. The van der Waals surface area contributed by atoms with E-state index in [0.717, 1.165) is 27.1 Å². The Morgan fingerprint density at radius 2 is 1.78 bits per heavy atom. The number of amides is 1. The van der Waals surface area contributed by atoms with Crippen molar-refractivity contribution in [3.05, 3.63) is 83.4 Å². The number of thiazole rings is 1. The maximum atomic E-state index is 13.4. The zero-order valence-corrected chi connectivity index (χ0v) is 18.9. The first-order chi connectivity index (χ1) is 15.6. The Morgan fingerprint density at radius 3 is 2.47 bits per heavy atom. The maximum Gasteiger partial charge on any atom is 0.280 e. The van der Waals surface area contributed by atoms with Crippen LogP contribution in [0, 0.1) is 6.92 Å². The lowest BCUT2D eigenvalue weighted by Gasteiger charge is -2.14. The van der Waals surface area contributed by atoms with Crippen LogP contribution >= 0.6 is 11.3 Å². The van der Waals surface area contributed by atoms with Crippen molar-refractivity contribution in [2.24, 2.45) is 5.10 Å². The van der Waals surface area contributed by atoms with E-state index in [9.17, 15) is 4.79 Å². The Kier molecular flexibility index (Phi) is 6.47. The topological polar surface area (TPSA) is 64.0 Å². The predicted molar refractivity (Wildman–Crippen MR) is 129 cm³/mol. The SMILES string of the molecule is CCOc1ccc(C(=O)N(/N=C/c2ccc(OC)cc2)c2nc3ccc(C)cc3s2)cc1. The van der Waals surface area contributed by atoms with Crippen molar-refractivity contribution in [3.8, 4) is 11.5 Å². The molecular formula is C25H23N3O3S. The molecule has 32 heavy (non-hydrogen) atoms. The molecule has 0 unspecified atom stereocenters. The second-order valence-electron chi connectivity index (χ2n) is 7.06. The molecule has 0 aliphatic heterocycles. The van der Waals surface area contributed by atoms with Gasteiger partial charge in [-0.15, -0.1) is 0 Å². The molecule has 1 amide bonds. The fourth-order valence-electron chi connectivity index (χ4n) is 3.10. The first-order valence-electron chi connectivity index (χ1n) is 10.2. The van der Waals surface area contributed by atoms with Crippen LogP contribution in [-0.2, 0) is 0 Å². The minimum Gasteiger partial charge on any atom is -0.497 e. The lowest BCUT2D eigenvalue weighted by atomic mass is 10.2. The second kappa shape index (κ2) is 9.62. The van der Waals surface area contributed by atoms with Crippen LogP contribution in [0.5, 0.6) is 11.5 Å². The molecule has 7 heteroatoms. The number of methoxy groups -OCH3 is 1. The van der Waals surface area contributed by atoms with Crippen LogP contribution < -0.4 is 14.5 Å². The van der Waals surface area contributed by atoms with E-state index in [2.05, 4.69) is 16.2 Å². The monoisotopic (exact) mass is 445 g/mol. The van der Waals surface area contributed by atoms with Crippen LogP contribution in [0.2, 0.25) is 0 Å². The highest BCUT2D eigenvalue weighted by atomic mass is 32.1. The van der Waals surface area contributed by atoms with Crippen LogP contribution in [0.3, 0.4) is 0 Å². The van der Waals surface area contributed by atoms with Gasteiger partial charge in [-0.2, -0.15) is 10.1 Å². The number of carbonyl (C=O) groups is 1. The molecule has 0 bridgehead atoms. The van der Waals surface area contributed by atoms with Gasteiger partial charge in [-0.3, -0.25) is 4.79 Å². The number of benzene rings is 3. The molecule has 0 spiro atoms. The fraction of sp³-hybridized carbons (Fsp3) is 0.160. The van der Waals surface area contributed by atoms with Crippen molar-refractivity contribution in [3.63, 3.8) is 0 Å². The molecule has 0 atom stereocenters. The number of ether oxygens (including phenoxy) is 2. The van der Waals surface area contributed by atoms with Gasteiger partial charge in [0.25, 0.3) is 5.91 Å². The van der Waals surface area contributed by atoms with E-state index in [0.29, 0.717) is 23.1 Å². The molecule has 0 aliphatic carbocycles. The van der Waals surface area contributed by atoms with E-state index in [-0.39, 0.29) is 5.91 Å². The quantitative estimate of drug-likeness (QED) is 0.271. The lowest BCUT2D eigenvalue weighted by molar-refractivity contribution is 0.0988. The number of carbonyl (C=O) groups excluding carboxylic acids is 1. The van der Waals surface area contributed by atoms with Crippen LogP contribution in [0.4, 0.5) is 5.13 Å². The summed E-state index contributed by atoms with van der Waals surface area (Å²) in [7, 11) is 1.62. The Morgan fingerprint density at radius 1 is 1.06 bits per heavy atom.